The number of aromatic amines is 1. The van der Waals surface area contributed by atoms with E-state index in [0.29, 0.717) is 6.04 Å². The quantitative estimate of drug-likeness (QED) is 0.756. The van der Waals surface area contributed by atoms with Gasteiger partial charge in [-0.1, -0.05) is 24.3 Å². The molecule has 2 N–H and O–H groups in total. The van der Waals surface area contributed by atoms with Gasteiger partial charge in [0, 0.05) is 17.1 Å². The normalized spacial score (nSPS) is 17.9. The number of aromatic nitrogens is 3. The topological polar surface area (TPSA) is 53.6 Å². The molecule has 4 nitrogen and oxygen atoms in total. The maximum absolute atomic E-state index is 4.88. The lowest BCUT2D eigenvalue weighted by Gasteiger charge is -2.24. The molecule has 4 rings (SSSR count). The molecule has 1 aliphatic carbocycles. The monoisotopic (exact) mass is 278 g/mol. The summed E-state index contributed by atoms with van der Waals surface area (Å²) in [6.45, 7) is 0. The molecule has 4 heteroatoms. The van der Waals surface area contributed by atoms with Crippen LogP contribution >= 0.6 is 0 Å². The fraction of sp³-hybridized carbons (Fsp3) is 0.294. The number of hydrogen-bond acceptors (Lipinski definition) is 3. The van der Waals surface area contributed by atoms with Crippen LogP contribution in [0.2, 0.25) is 0 Å². The van der Waals surface area contributed by atoms with Gasteiger partial charge in [0.15, 0.2) is 0 Å². The number of pyridine rings is 1. The molecule has 3 aromatic rings. The molecule has 106 valence electrons. The molecule has 0 bridgehead atoms. The van der Waals surface area contributed by atoms with Crippen molar-refractivity contribution in [3.05, 3.63) is 47.7 Å². The van der Waals surface area contributed by atoms with Crippen molar-refractivity contribution < 1.29 is 0 Å². The Morgan fingerprint density at radius 3 is 3.00 bits per heavy atom. The minimum atomic E-state index is 0.436. The van der Waals surface area contributed by atoms with E-state index < -0.39 is 0 Å². The number of fused-ring (bicyclic) bond motifs is 2. The van der Waals surface area contributed by atoms with Crippen LogP contribution < -0.4 is 5.32 Å². The molecule has 2 aromatic heterocycles. The first-order valence-corrected chi connectivity index (χ1v) is 7.47. The van der Waals surface area contributed by atoms with Crippen LogP contribution in [0.15, 0.2) is 36.4 Å². The van der Waals surface area contributed by atoms with Gasteiger partial charge in [0.2, 0.25) is 0 Å². The summed E-state index contributed by atoms with van der Waals surface area (Å²) in [6.07, 6.45) is 3.44. The highest BCUT2D eigenvalue weighted by Gasteiger charge is 2.21. The van der Waals surface area contributed by atoms with Crippen LogP contribution in [0.3, 0.4) is 0 Å². The fourth-order valence-electron chi connectivity index (χ4n) is 3.25. The molecule has 0 aliphatic heterocycles. The minimum absolute atomic E-state index is 0.436. The summed E-state index contributed by atoms with van der Waals surface area (Å²) in [5.41, 5.74) is 5.51. The Balaban J connectivity index is 1.83. The van der Waals surface area contributed by atoms with E-state index in [1.807, 2.05) is 25.2 Å². The second-order valence-electron chi connectivity index (χ2n) is 5.58. The number of para-hydroxylation sites is 1. The van der Waals surface area contributed by atoms with Crippen molar-refractivity contribution in [1.29, 1.82) is 0 Å². The smallest absolute Gasteiger partial charge is 0.118 e. The van der Waals surface area contributed by atoms with E-state index in [-0.39, 0.29) is 0 Å². The first kappa shape index (κ1) is 12.5. The first-order valence-electron chi connectivity index (χ1n) is 7.47. The molecule has 1 aromatic carbocycles. The maximum atomic E-state index is 4.88. The van der Waals surface area contributed by atoms with Crippen molar-refractivity contribution in [3.63, 3.8) is 0 Å². The highest BCUT2D eigenvalue weighted by Crippen LogP contribution is 2.31. The fourth-order valence-corrected chi connectivity index (χ4v) is 3.25. The standard InChI is InChI=1S/C17H18N4/c1-18-13-7-4-8-14-11(13)9-10-16(19-14)17-12-5-2-3-6-15(12)20-21-17/h2-3,5-6,9-10,13,18H,4,7-8H2,1H3,(H,20,21). The molecule has 0 saturated carbocycles. The number of nitrogens with one attached hydrogen (secondary N) is 2. The van der Waals surface area contributed by atoms with Crippen molar-refractivity contribution in [1.82, 2.24) is 20.5 Å². The van der Waals surface area contributed by atoms with Gasteiger partial charge in [0.05, 0.1) is 11.2 Å². The average molecular weight is 278 g/mol. The molecule has 1 unspecified atom stereocenters. The highest BCUT2D eigenvalue weighted by atomic mass is 15.1. The molecule has 0 amide bonds. The van der Waals surface area contributed by atoms with Crippen molar-refractivity contribution in [2.75, 3.05) is 7.05 Å². The van der Waals surface area contributed by atoms with E-state index in [4.69, 9.17) is 4.98 Å². The van der Waals surface area contributed by atoms with Gasteiger partial charge in [-0.25, -0.2) is 0 Å². The van der Waals surface area contributed by atoms with Gasteiger partial charge in [-0.3, -0.25) is 10.1 Å². The molecule has 0 spiro atoms. The third kappa shape index (κ3) is 2.03. The van der Waals surface area contributed by atoms with E-state index in [2.05, 4.69) is 33.7 Å². The molecule has 2 heterocycles. The number of benzene rings is 1. The van der Waals surface area contributed by atoms with Crippen LogP contribution in [-0.2, 0) is 6.42 Å². The number of nitrogens with zero attached hydrogens (tertiary/aromatic N) is 2. The van der Waals surface area contributed by atoms with Crippen molar-refractivity contribution in [3.8, 4) is 11.4 Å². The van der Waals surface area contributed by atoms with Crippen LogP contribution in [-0.4, -0.2) is 22.2 Å². The summed E-state index contributed by atoms with van der Waals surface area (Å²) in [6, 6.07) is 12.9. The van der Waals surface area contributed by atoms with Gasteiger partial charge in [-0.15, -0.1) is 0 Å². The molecule has 0 fully saturated rings. The van der Waals surface area contributed by atoms with Gasteiger partial charge >= 0.3 is 0 Å². The molecule has 1 atom stereocenters. The van der Waals surface area contributed by atoms with Crippen molar-refractivity contribution in [2.45, 2.75) is 25.3 Å². The van der Waals surface area contributed by atoms with E-state index in [9.17, 15) is 0 Å². The summed E-state index contributed by atoms with van der Waals surface area (Å²) in [5, 5.41) is 12.0. The third-order valence-electron chi connectivity index (χ3n) is 4.35. The maximum Gasteiger partial charge on any atom is 0.118 e. The molecular formula is C17H18N4. The van der Waals surface area contributed by atoms with Crippen LogP contribution in [0.4, 0.5) is 0 Å². The van der Waals surface area contributed by atoms with Crippen molar-refractivity contribution >= 4 is 10.9 Å². The zero-order valence-electron chi connectivity index (χ0n) is 12.1. The SMILES string of the molecule is CNC1CCCc2nc(-c3n[nH]c4ccccc34)ccc21. The zero-order chi connectivity index (χ0) is 14.2. The second-order valence-corrected chi connectivity index (χ2v) is 5.58. The van der Waals surface area contributed by atoms with E-state index in [0.717, 1.165) is 28.7 Å². The van der Waals surface area contributed by atoms with Gasteiger partial charge in [-0.2, -0.15) is 5.10 Å². The summed E-state index contributed by atoms with van der Waals surface area (Å²) < 4.78 is 0. The zero-order valence-corrected chi connectivity index (χ0v) is 12.1. The van der Waals surface area contributed by atoms with Crippen LogP contribution in [0.25, 0.3) is 22.3 Å². The lowest BCUT2D eigenvalue weighted by Crippen LogP contribution is -2.22. The first-order chi connectivity index (χ1) is 10.4. The van der Waals surface area contributed by atoms with Gasteiger partial charge in [0.1, 0.15) is 5.69 Å². The lowest BCUT2D eigenvalue weighted by atomic mass is 9.91. The van der Waals surface area contributed by atoms with Gasteiger partial charge < -0.3 is 5.32 Å². The molecule has 1 aliphatic rings. The number of aryl methyl sites for hydroxylation is 1. The van der Waals surface area contributed by atoms with Gasteiger partial charge in [-0.05, 0) is 44.0 Å². The second kappa shape index (κ2) is 4.97. The average Bonchev–Trinajstić information content (AvgIpc) is 2.97. The van der Waals surface area contributed by atoms with E-state index >= 15 is 0 Å². The predicted molar refractivity (Wildman–Crippen MR) is 84.1 cm³/mol. The Morgan fingerprint density at radius 1 is 1.19 bits per heavy atom. The predicted octanol–water partition coefficient (Wildman–Crippen LogP) is 3.22. The van der Waals surface area contributed by atoms with Gasteiger partial charge in [0.25, 0.3) is 0 Å². The third-order valence-corrected chi connectivity index (χ3v) is 4.35. The molecule has 0 saturated heterocycles. The number of H-pyrrole nitrogens is 1. The summed E-state index contributed by atoms with van der Waals surface area (Å²) in [5.74, 6) is 0. The summed E-state index contributed by atoms with van der Waals surface area (Å²) in [4.78, 5) is 4.88. The molecule has 21 heavy (non-hydrogen) atoms. The summed E-state index contributed by atoms with van der Waals surface area (Å²) >= 11 is 0. The summed E-state index contributed by atoms with van der Waals surface area (Å²) in [7, 11) is 2.02. The number of hydrogen-bond donors (Lipinski definition) is 2. The largest absolute Gasteiger partial charge is 0.313 e. The minimum Gasteiger partial charge on any atom is -0.313 e. The molecular weight excluding hydrogens is 260 g/mol. The lowest BCUT2D eigenvalue weighted by molar-refractivity contribution is 0.490. The highest BCUT2D eigenvalue weighted by molar-refractivity contribution is 5.91. The van der Waals surface area contributed by atoms with E-state index in [1.165, 1.54) is 24.1 Å². The Kier molecular flexibility index (Phi) is 2.97. The Labute approximate surface area is 123 Å². The Bertz CT molecular complexity index is 790. The molecule has 0 radical (unpaired) electrons. The van der Waals surface area contributed by atoms with E-state index in [1.54, 1.807) is 0 Å². The number of rotatable bonds is 2. The van der Waals surface area contributed by atoms with Crippen LogP contribution in [0, 0.1) is 0 Å². The van der Waals surface area contributed by atoms with Crippen LogP contribution in [0.5, 0.6) is 0 Å². The Hall–Kier alpha value is -2.20. The van der Waals surface area contributed by atoms with Crippen molar-refractivity contribution in [2.24, 2.45) is 0 Å². The Morgan fingerprint density at radius 2 is 2.10 bits per heavy atom. The van der Waals surface area contributed by atoms with Crippen LogP contribution in [0.1, 0.15) is 30.1 Å².